The molecule has 2 N–H and O–H groups in total. The topological polar surface area (TPSA) is 65.6 Å². The molecule has 0 spiro atoms. The van der Waals surface area contributed by atoms with E-state index in [4.69, 9.17) is 4.18 Å². The fourth-order valence-corrected chi connectivity index (χ4v) is 5.70. The molecule has 172 valence electrons. The maximum absolute atomic E-state index is 13.5. The number of likely N-dealkylation sites (tertiary alicyclic amines) is 1. The molecule has 5 nitrogen and oxygen atoms in total. The number of aliphatic hydroxyl groups is 1. The Hall–Kier alpha value is -1.66. The van der Waals surface area contributed by atoms with Gasteiger partial charge in [-0.05, 0) is 76.0 Å². The first kappa shape index (κ1) is 24.0. The van der Waals surface area contributed by atoms with Gasteiger partial charge in [0.1, 0.15) is 5.75 Å². The SMILES string of the molecule is CSOc1c(C)ccc2[nH]cc(C(C)CC(=O)N3C(C)CC(C)CC3CC(C)(C)O)c12. The summed E-state index contributed by atoms with van der Waals surface area (Å²) in [5.41, 5.74) is 2.45. The summed E-state index contributed by atoms with van der Waals surface area (Å²) in [6.45, 7) is 12.2. The van der Waals surface area contributed by atoms with Gasteiger partial charge < -0.3 is 19.2 Å². The predicted molar refractivity (Wildman–Crippen MR) is 130 cm³/mol. The van der Waals surface area contributed by atoms with Crippen molar-refractivity contribution in [1.29, 1.82) is 0 Å². The lowest BCUT2D eigenvalue weighted by atomic mass is 9.82. The standard InChI is InChI=1S/C25H38N2O3S/c1-15-10-18(4)27(19(11-15)13-25(5,6)29)22(28)12-17(3)20-14-26-21-9-8-16(2)24(23(20)21)30-31-7/h8-9,14-15,17-19,26,29H,10-13H2,1-7H3. The van der Waals surface area contributed by atoms with Gasteiger partial charge in [-0.1, -0.05) is 19.9 Å². The molecule has 0 radical (unpaired) electrons. The van der Waals surface area contributed by atoms with Gasteiger partial charge in [0.15, 0.2) is 0 Å². The van der Waals surface area contributed by atoms with E-state index in [2.05, 4.69) is 49.7 Å². The monoisotopic (exact) mass is 446 g/mol. The van der Waals surface area contributed by atoms with E-state index in [0.29, 0.717) is 18.8 Å². The number of carbonyl (C=O) groups is 1. The van der Waals surface area contributed by atoms with Gasteiger partial charge in [0.05, 0.1) is 17.6 Å². The van der Waals surface area contributed by atoms with Crippen LogP contribution in [0.25, 0.3) is 10.9 Å². The first-order chi connectivity index (χ1) is 14.5. The van der Waals surface area contributed by atoms with Crippen LogP contribution in [0.1, 0.15) is 77.3 Å². The largest absolute Gasteiger partial charge is 0.425 e. The second kappa shape index (κ2) is 9.45. The van der Waals surface area contributed by atoms with Crippen molar-refractivity contribution in [1.82, 2.24) is 9.88 Å². The third-order valence-electron chi connectivity index (χ3n) is 6.51. The van der Waals surface area contributed by atoms with Crippen molar-refractivity contribution in [3.05, 3.63) is 29.5 Å². The molecule has 1 aliphatic rings. The number of hydrogen-bond donors (Lipinski definition) is 2. The van der Waals surface area contributed by atoms with Crippen LogP contribution in [-0.2, 0) is 4.79 Å². The smallest absolute Gasteiger partial charge is 0.223 e. The molecule has 4 unspecified atom stereocenters. The van der Waals surface area contributed by atoms with Crippen LogP contribution in [0.3, 0.4) is 0 Å². The quantitative estimate of drug-likeness (QED) is 0.527. The maximum Gasteiger partial charge on any atom is 0.223 e. The fraction of sp³-hybridized carbons (Fsp3) is 0.640. The number of hydrogen-bond acceptors (Lipinski definition) is 4. The van der Waals surface area contributed by atoms with Crippen LogP contribution >= 0.6 is 12.0 Å². The molecule has 1 aromatic carbocycles. The molecule has 4 atom stereocenters. The van der Waals surface area contributed by atoms with Crippen LogP contribution in [-0.4, -0.2) is 44.8 Å². The number of amides is 1. The third-order valence-corrected chi connectivity index (χ3v) is 6.85. The highest BCUT2D eigenvalue weighted by molar-refractivity contribution is 7.94. The molecule has 3 rings (SSSR count). The molecule has 1 saturated heterocycles. The highest BCUT2D eigenvalue weighted by Gasteiger charge is 2.37. The van der Waals surface area contributed by atoms with Crippen molar-refractivity contribution in [2.45, 2.75) is 90.8 Å². The predicted octanol–water partition coefficient (Wildman–Crippen LogP) is 5.80. The zero-order chi connectivity index (χ0) is 22.9. The number of nitrogens with one attached hydrogen (secondary N) is 1. The van der Waals surface area contributed by atoms with Crippen LogP contribution < -0.4 is 4.18 Å². The van der Waals surface area contributed by atoms with E-state index in [-0.39, 0.29) is 23.9 Å². The van der Waals surface area contributed by atoms with E-state index in [9.17, 15) is 9.90 Å². The Labute approximate surface area is 191 Å². The highest BCUT2D eigenvalue weighted by Crippen LogP contribution is 2.39. The van der Waals surface area contributed by atoms with Crippen LogP contribution in [0.2, 0.25) is 0 Å². The molecular weight excluding hydrogens is 408 g/mol. The van der Waals surface area contributed by atoms with Gasteiger partial charge in [0, 0.05) is 41.9 Å². The van der Waals surface area contributed by atoms with E-state index in [1.165, 1.54) is 12.0 Å². The minimum atomic E-state index is -0.788. The second-order valence-corrected chi connectivity index (χ2v) is 10.6. The Morgan fingerprint density at radius 3 is 2.71 bits per heavy atom. The number of H-pyrrole nitrogens is 1. The van der Waals surface area contributed by atoms with E-state index in [0.717, 1.165) is 40.6 Å². The zero-order valence-electron chi connectivity index (χ0n) is 20.0. The lowest BCUT2D eigenvalue weighted by Crippen LogP contribution is -2.53. The molecule has 0 saturated carbocycles. The molecule has 1 fully saturated rings. The summed E-state index contributed by atoms with van der Waals surface area (Å²) < 4.78 is 5.89. The van der Waals surface area contributed by atoms with Crippen molar-refractivity contribution >= 4 is 28.9 Å². The Morgan fingerprint density at radius 2 is 2.06 bits per heavy atom. The Morgan fingerprint density at radius 1 is 1.35 bits per heavy atom. The van der Waals surface area contributed by atoms with Gasteiger partial charge in [0.2, 0.25) is 5.91 Å². The van der Waals surface area contributed by atoms with Crippen molar-refractivity contribution in [2.75, 3.05) is 6.26 Å². The zero-order valence-corrected chi connectivity index (χ0v) is 20.8. The summed E-state index contributed by atoms with van der Waals surface area (Å²) in [5, 5.41) is 11.5. The number of benzene rings is 1. The summed E-state index contributed by atoms with van der Waals surface area (Å²) >= 11 is 1.34. The minimum Gasteiger partial charge on any atom is -0.425 e. The summed E-state index contributed by atoms with van der Waals surface area (Å²) in [4.78, 5) is 18.9. The Bertz CT molecular complexity index is 917. The lowest BCUT2D eigenvalue weighted by molar-refractivity contribution is -0.140. The van der Waals surface area contributed by atoms with Crippen molar-refractivity contribution < 1.29 is 14.1 Å². The summed E-state index contributed by atoms with van der Waals surface area (Å²) in [5.74, 6) is 1.67. The molecular formula is C25H38N2O3S. The number of aryl methyl sites for hydroxylation is 1. The summed E-state index contributed by atoms with van der Waals surface area (Å²) in [6, 6.07) is 4.40. The fourth-order valence-electron chi connectivity index (χ4n) is 5.32. The number of piperidine rings is 1. The molecule has 2 aromatic rings. The average molecular weight is 447 g/mol. The second-order valence-electron chi connectivity index (χ2n) is 10.1. The molecule has 31 heavy (non-hydrogen) atoms. The van der Waals surface area contributed by atoms with E-state index in [1.807, 2.05) is 26.3 Å². The van der Waals surface area contributed by atoms with Crippen molar-refractivity contribution in [3.63, 3.8) is 0 Å². The van der Waals surface area contributed by atoms with Crippen LogP contribution in [0, 0.1) is 12.8 Å². The molecule has 2 heterocycles. The Kier molecular flexibility index (Phi) is 7.32. The van der Waals surface area contributed by atoms with E-state index < -0.39 is 5.60 Å². The van der Waals surface area contributed by atoms with Gasteiger partial charge in [-0.15, -0.1) is 0 Å². The van der Waals surface area contributed by atoms with Gasteiger partial charge in [-0.3, -0.25) is 4.79 Å². The molecule has 1 aliphatic heterocycles. The number of nitrogens with zero attached hydrogens (tertiary/aromatic N) is 1. The lowest BCUT2D eigenvalue weighted by Gasteiger charge is -2.45. The first-order valence-electron chi connectivity index (χ1n) is 11.4. The minimum absolute atomic E-state index is 0.0570. The molecule has 6 heteroatoms. The summed E-state index contributed by atoms with van der Waals surface area (Å²) in [7, 11) is 0. The van der Waals surface area contributed by atoms with Crippen LogP contribution in [0.15, 0.2) is 18.3 Å². The third kappa shape index (κ3) is 5.40. The average Bonchev–Trinajstić information content (AvgIpc) is 3.06. The number of rotatable bonds is 7. The number of aromatic amines is 1. The van der Waals surface area contributed by atoms with E-state index in [1.54, 1.807) is 0 Å². The van der Waals surface area contributed by atoms with Crippen LogP contribution in [0.4, 0.5) is 0 Å². The first-order valence-corrected chi connectivity index (χ1v) is 12.5. The van der Waals surface area contributed by atoms with Gasteiger partial charge in [0.25, 0.3) is 0 Å². The van der Waals surface area contributed by atoms with Gasteiger partial charge in [-0.2, -0.15) is 0 Å². The van der Waals surface area contributed by atoms with Gasteiger partial charge in [-0.25, -0.2) is 0 Å². The van der Waals surface area contributed by atoms with Crippen LogP contribution in [0.5, 0.6) is 5.75 Å². The number of carbonyl (C=O) groups excluding carboxylic acids is 1. The highest BCUT2D eigenvalue weighted by atomic mass is 32.2. The van der Waals surface area contributed by atoms with Crippen molar-refractivity contribution in [2.24, 2.45) is 5.92 Å². The Balaban J connectivity index is 1.86. The molecule has 1 amide bonds. The normalized spacial score (nSPS) is 23.2. The van der Waals surface area contributed by atoms with Crippen molar-refractivity contribution in [3.8, 4) is 5.75 Å². The molecule has 0 aliphatic carbocycles. The van der Waals surface area contributed by atoms with E-state index >= 15 is 0 Å². The molecule has 0 bridgehead atoms. The number of aromatic nitrogens is 1. The molecule has 1 aromatic heterocycles. The van der Waals surface area contributed by atoms with Gasteiger partial charge >= 0.3 is 0 Å². The number of fused-ring (bicyclic) bond motifs is 1. The maximum atomic E-state index is 13.5. The summed E-state index contributed by atoms with van der Waals surface area (Å²) in [6.07, 6.45) is 6.96.